The number of aliphatic hydroxyl groups is 7. The molecule has 0 saturated heterocycles. The van der Waals surface area contributed by atoms with Gasteiger partial charge in [0.25, 0.3) is 0 Å². The Morgan fingerprint density at radius 2 is 1.43 bits per heavy atom. The number of rotatable bonds is 9. The van der Waals surface area contributed by atoms with E-state index < -0.39 is 43.2 Å². The topological polar surface area (TPSA) is 166 Å². The van der Waals surface area contributed by atoms with E-state index in [4.69, 9.17) is 5.11 Å². The predicted octanol–water partition coefficient (Wildman–Crippen LogP) is -2.76. The first-order chi connectivity index (χ1) is 10.9. The number of benzene rings is 1. The number of nitrogens with one attached hydrogen (secondary N) is 1. The molecule has 6 atom stereocenters. The van der Waals surface area contributed by atoms with Gasteiger partial charge in [0.2, 0.25) is 0 Å². The maximum absolute atomic E-state index is 9.72. The number of hydrogen-bond acceptors (Lipinski definition) is 9. The lowest BCUT2D eigenvalue weighted by Crippen LogP contribution is -2.53. The standard InChI is InChI=1S/C14H22N2O7/c17-7-10(19)12(21)14(23)13(22)11(20)9(18)6-15-16-8-4-2-1-3-5-8/h1-6,9-14,16-23H,7H2. The van der Waals surface area contributed by atoms with Crippen molar-refractivity contribution in [3.63, 3.8) is 0 Å². The molecule has 0 fully saturated rings. The Morgan fingerprint density at radius 1 is 0.870 bits per heavy atom. The number of hydrazone groups is 1. The van der Waals surface area contributed by atoms with Gasteiger partial charge in [-0.1, -0.05) is 18.2 Å². The van der Waals surface area contributed by atoms with E-state index in [1.165, 1.54) is 0 Å². The van der Waals surface area contributed by atoms with E-state index in [0.717, 1.165) is 6.21 Å². The average Bonchev–Trinajstić information content (AvgIpc) is 2.59. The van der Waals surface area contributed by atoms with Crippen molar-refractivity contribution in [2.24, 2.45) is 5.10 Å². The Morgan fingerprint density at radius 3 is 2.00 bits per heavy atom. The van der Waals surface area contributed by atoms with E-state index in [2.05, 4.69) is 10.5 Å². The molecule has 1 aromatic carbocycles. The van der Waals surface area contributed by atoms with Gasteiger partial charge in [-0.05, 0) is 12.1 Å². The third kappa shape index (κ3) is 5.84. The van der Waals surface area contributed by atoms with E-state index in [0.29, 0.717) is 5.69 Å². The fraction of sp³-hybridized carbons (Fsp3) is 0.500. The molecule has 0 aliphatic carbocycles. The molecule has 0 aliphatic rings. The van der Waals surface area contributed by atoms with E-state index in [1.807, 2.05) is 0 Å². The minimum Gasteiger partial charge on any atom is -0.394 e. The zero-order valence-corrected chi connectivity index (χ0v) is 12.2. The molecule has 0 saturated carbocycles. The summed E-state index contributed by atoms with van der Waals surface area (Å²) in [7, 11) is 0. The number of aliphatic hydroxyl groups excluding tert-OH is 7. The first kappa shape index (κ1) is 19.5. The largest absolute Gasteiger partial charge is 0.394 e. The summed E-state index contributed by atoms with van der Waals surface area (Å²) < 4.78 is 0. The molecule has 0 aliphatic heterocycles. The van der Waals surface area contributed by atoms with Crippen molar-refractivity contribution in [3.05, 3.63) is 30.3 Å². The monoisotopic (exact) mass is 330 g/mol. The third-order valence-electron chi connectivity index (χ3n) is 3.18. The van der Waals surface area contributed by atoms with Crippen molar-refractivity contribution in [2.75, 3.05) is 12.0 Å². The summed E-state index contributed by atoms with van der Waals surface area (Å²) in [5.41, 5.74) is 3.21. The van der Waals surface area contributed by atoms with E-state index in [1.54, 1.807) is 30.3 Å². The highest BCUT2D eigenvalue weighted by atomic mass is 16.4. The molecular formula is C14H22N2O7. The molecule has 1 aromatic rings. The van der Waals surface area contributed by atoms with Crippen LogP contribution in [0.25, 0.3) is 0 Å². The Kier molecular flexibility index (Phi) is 8.06. The molecule has 130 valence electrons. The van der Waals surface area contributed by atoms with Crippen molar-refractivity contribution < 1.29 is 35.7 Å². The lowest BCUT2D eigenvalue weighted by molar-refractivity contribution is -0.150. The van der Waals surface area contributed by atoms with Crippen LogP contribution in [0.4, 0.5) is 5.69 Å². The Labute approximate surface area is 132 Å². The highest BCUT2D eigenvalue weighted by Gasteiger charge is 2.36. The molecule has 6 unspecified atom stereocenters. The summed E-state index contributed by atoms with van der Waals surface area (Å²) in [6.07, 6.45) is -10.1. The summed E-state index contributed by atoms with van der Waals surface area (Å²) in [4.78, 5) is 0. The zero-order valence-electron chi connectivity index (χ0n) is 12.2. The average molecular weight is 330 g/mol. The number of anilines is 1. The van der Waals surface area contributed by atoms with Crippen molar-refractivity contribution in [1.82, 2.24) is 0 Å². The van der Waals surface area contributed by atoms with Gasteiger partial charge in [0.1, 0.15) is 36.6 Å². The molecule has 9 heteroatoms. The summed E-state index contributed by atoms with van der Waals surface area (Å²) in [6.45, 7) is -0.841. The molecule has 9 nitrogen and oxygen atoms in total. The van der Waals surface area contributed by atoms with E-state index in [9.17, 15) is 30.6 Å². The Bertz CT molecular complexity index is 473. The van der Waals surface area contributed by atoms with Gasteiger partial charge in [0.15, 0.2) is 0 Å². The normalized spacial score (nSPS) is 19.8. The van der Waals surface area contributed by atoms with Crippen LogP contribution in [-0.4, -0.2) is 85.2 Å². The molecule has 0 amide bonds. The molecule has 0 bridgehead atoms. The highest BCUT2D eigenvalue weighted by molar-refractivity contribution is 5.65. The van der Waals surface area contributed by atoms with Crippen molar-refractivity contribution in [1.29, 1.82) is 0 Å². The van der Waals surface area contributed by atoms with Crippen molar-refractivity contribution in [2.45, 2.75) is 36.6 Å². The fourth-order valence-electron chi connectivity index (χ4n) is 1.73. The molecule has 0 radical (unpaired) electrons. The molecule has 8 N–H and O–H groups in total. The van der Waals surface area contributed by atoms with Crippen LogP contribution in [0.15, 0.2) is 35.4 Å². The fourth-order valence-corrected chi connectivity index (χ4v) is 1.73. The molecule has 0 heterocycles. The van der Waals surface area contributed by atoms with Crippen LogP contribution in [0.1, 0.15) is 0 Å². The van der Waals surface area contributed by atoms with Crippen molar-refractivity contribution >= 4 is 11.9 Å². The minimum atomic E-state index is -1.97. The minimum absolute atomic E-state index is 0.632. The van der Waals surface area contributed by atoms with Gasteiger partial charge in [0.05, 0.1) is 18.5 Å². The van der Waals surface area contributed by atoms with Gasteiger partial charge in [0, 0.05) is 0 Å². The summed E-state index contributed by atoms with van der Waals surface area (Å²) >= 11 is 0. The second-order valence-electron chi connectivity index (χ2n) is 4.96. The second kappa shape index (κ2) is 9.53. The summed E-state index contributed by atoms with van der Waals surface area (Å²) in [5, 5.41) is 69.7. The van der Waals surface area contributed by atoms with E-state index >= 15 is 0 Å². The smallest absolute Gasteiger partial charge is 0.119 e. The van der Waals surface area contributed by atoms with E-state index in [-0.39, 0.29) is 0 Å². The number of para-hydroxylation sites is 1. The Balaban J connectivity index is 2.55. The maximum atomic E-state index is 9.72. The lowest BCUT2D eigenvalue weighted by atomic mass is 9.97. The first-order valence-electron chi connectivity index (χ1n) is 6.92. The number of hydrogen-bond donors (Lipinski definition) is 8. The molecular weight excluding hydrogens is 308 g/mol. The highest BCUT2D eigenvalue weighted by Crippen LogP contribution is 2.11. The third-order valence-corrected chi connectivity index (χ3v) is 3.18. The van der Waals surface area contributed by atoms with Gasteiger partial charge in [-0.25, -0.2) is 0 Å². The quantitative estimate of drug-likeness (QED) is 0.178. The number of nitrogens with zero attached hydrogens (tertiary/aromatic N) is 1. The van der Waals surface area contributed by atoms with Crippen LogP contribution in [0.2, 0.25) is 0 Å². The molecule has 23 heavy (non-hydrogen) atoms. The van der Waals surface area contributed by atoms with Gasteiger partial charge in [-0.3, -0.25) is 5.43 Å². The van der Waals surface area contributed by atoms with Crippen LogP contribution in [0.3, 0.4) is 0 Å². The first-order valence-corrected chi connectivity index (χ1v) is 6.92. The molecule has 1 rings (SSSR count). The van der Waals surface area contributed by atoms with Gasteiger partial charge >= 0.3 is 0 Å². The Hall–Kier alpha value is -1.59. The second-order valence-corrected chi connectivity index (χ2v) is 4.96. The van der Waals surface area contributed by atoms with Crippen LogP contribution < -0.4 is 5.43 Å². The van der Waals surface area contributed by atoms with Gasteiger partial charge in [-0.15, -0.1) is 0 Å². The maximum Gasteiger partial charge on any atom is 0.119 e. The molecule has 0 spiro atoms. The van der Waals surface area contributed by atoms with Crippen LogP contribution in [-0.2, 0) is 0 Å². The van der Waals surface area contributed by atoms with Crippen LogP contribution in [0, 0.1) is 0 Å². The van der Waals surface area contributed by atoms with Crippen molar-refractivity contribution in [3.8, 4) is 0 Å². The summed E-state index contributed by atoms with van der Waals surface area (Å²) in [6, 6.07) is 8.75. The predicted molar refractivity (Wildman–Crippen MR) is 81.7 cm³/mol. The molecule has 0 aromatic heterocycles. The van der Waals surface area contributed by atoms with Gasteiger partial charge < -0.3 is 35.7 Å². The van der Waals surface area contributed by atoms with Gasteiger partial charge in [-0.2, -0.15) is 5.10 Å². The zero-order chi connectivity index (χ0) is 17.4. The van der Waals surface area contributed by atoms with Crippen LogP contribution >= 0.6 is 0 Å². The lowest BCUT2D eigenvalue weighted by Gasteiger charge is -2.29. The SMILES string of the molecule is OCC(O)C(O)C(O)C(O)C(O)C(O)C=NNc1ccccc1. The summed E-state index contributed by atoms with van der Waals surface area (Å²) in [5.74, 6) is 0. The van der Waals surface area contributed by atoms with Crippen LogP contribution in [0.5, 0.6) is 0 Å².